The third kappa shape index (κ3) is 5.14. The maximum atomic E-state index is 11.5. The van der Waals surface area contributed by atoms with Gasteiger partial charge in [0.15, 0.2) is 0 Å². The third-order valence-corrected chi connectivity index (χ3v) is 2.82. The number of hydrogen-bond acceptors (Lipinski definition) is 3. The highest BCUT2D eigenvalue weighted by molar-refractivity contribution is 5.77. The number of rotatable bonds is 5. The van der Waals surface area contributed by atoms with Gasteiger partial charge >= 0.3 is 0 Å². The van der Waals surface area contributed by atoms with Crippen molar-refractivity contribution in [2.75, 3.05) is 46.3 Å². The monoisotopic (exact) mass is 213 g/mol. The molecule has 1 aliphatic heterocycles. The molecule has 88 valence electrons. The molecule has 0 unspecified atom stereocenters. The number of amides is 1. The van der Waals surface area contributed by atoms with Crippen LogP contribution >= 0.6 is 0 Å². The van der Waals surface area contributed by atoms with Crippen LogP contribution in [0.3, 0.4) is 0 Å². The average molecular weight is 213 g/mol. The molecule has 1 rings (SSSR count). The van der Waals surface area contributed by atoms with E-state index >= 15 is 0 Å². The molecule has 4 heteroatoms. The van der Waals surface area contributed by atoms with Crippen molar-refractivity contribution in [1.82, 2.24) is 15.1 Å². The van der Waals surface area contributed by atoms with Gasteiger partial charge in [0.25, 0.3) is 0 Å². The summed E-state index contributed by atoms with van der Waals surface area (Å²) in [6.07, 6.45) is 2.21. The van der Waals surface area contributed by atoms with Crippen molar-refractivity contribution >= 4 is 5.91 Å². The van der Waals surface area contributed by atoms with Crippen molar-refractivity contribution in [2.45, 2.75) is 19.8 Å². The molecule has 1 N–H and O–H groups in total. The van der Waals surface area contributed by atoms with Crippen molar-refractivity contribution in [2.24, 2.45) is 0 Å². The summed E-state index contributed by atoms with van der Waals surface area (Å²) >= 11 is 0. The molecule has 1 amide bonds. The van der Waals surface area contributed by atoms with Crippen LogP contribution in [-0.2, 0) is 4.79 Å². The Bertz CT molecular complexity index is 188. The summed E-state index contributed by atoms with van der Waals surface area (Å²) in [5, 5.41) is 2.95. The Morgan fingerprint density at radius 2 is 1.93 bits per heavy atom. The molecule has 0 saturated carbocycles. The molecule has 0 aromatic heterocycles. The van der Waals surface area contributed by atoms with Gasteiger partial charge in [0.2, 0.25) is 5.91 Å². The molecule has 1 aliphatic rings. The Hall–Kier alpha value is -0.610. The largest absolute Gasteiger partial charge is 0.355 e. The predicted molar refractivity (Wildman–Crippen MR) is 61.9 cm³/mol. The fraction of sp³-hybridized carbons (Fsp3) is 0.909. The van der Waals surface area contributed by atoms with E-state index in [0.717, 1.165) is 45.6 Å². The van der Waals surface area contributed by atoms with Crippen LogP contribution in [0.15, 0.2) is 0 Å². The van der Waals surface area contributed by atoms with Crippen LogP contribution in [0.4, 0.5) is 0 Å². The van der Waals surface area contributed by atoms with E-state index in [1.54, 1.807) is 0 Å². The minimum absolute atomic E-state index is 0.174. The summed E-state index contributed by atoms with van der Waals surface area (Å²) in [6.45, 7) is 7.69. The summed E-state index contributed by atoms with van der Waals surface area (Å²) < 4.78 is 0. The van der Waals surface area contributed by atoms with Crippen molar-refractivity contribution in [3.63, 3.8) is 0 Å². The standard InChI is InChI=1S/C11H23N3O/c1-3-4-5-12-11(15)10-14-8-6-13(2)7-9-14/h3-10H2,1-2H3,(H,12,15). The SMILES string of the molecule is CCCCNC(=O)CN1CCN(C)CC1. The molecule has 0 radical (unpaired) electrons. The predicted octanol–water partition coefficient (Wildman–Crippen LogP) is 0.150. The van der Waals surface area contributed by atoms with Gasteiger partial charge in [0.1, 0.15) is 0 Å². The van der Waals surface area contributed by atoms with Crippen molar-refractivity contribution in [1.29, 1.82) is 0 Å². The van der Waals surface area contributed by atoms with Gasteiger partial charge < -0.3 is 10.2 Å². The smallest absolute Gasteiger partial charge is 0.234 e. The van der Waals surface area contributed by atoms with Gasteiger partial charge in [-0.15, -0.1) is 0 Å². The first-order valence-corrected chi connectivity index (χ1v) is 5.90. The molecule has 1 fully saturated rings. The van der Waals surface area contributed by atoms with Gasteiger partial charge in [0.05, 0.1) is 6.54 Å². The van der Waals surface area contributed by atoms with E-state index in [1.165, 1.54) is 0 Å². The molecule has 1 heterocycles. The molecule has 0 aromatic rings. The van der Waals surface area contributed by atoms with Crippen LogP contribution in [-0.4, -0.2) is 62.0 Å². The van der Waals surface area contributed by atoms with E-state index < -0.39 is 0 Å². The number of likely N-dealkylation sites (N-methyl/N-ethyl adjacent to an activating group) is 1. The second-order valence-electron chi connectivity index (χ2n) is 4.28. The third-order valence-electron chi connectivity index (χ3n) is 2.82. The van der Waals surface area contributed by atoms with Crippen LogP contribution in [0.25, 0.3) is 0 Å². The van der Waals surface area contributed by atoms with Crippen molar-refractivity contribution < 1.29 is 4.79 Å². The molecule has 0 atom stereocenters. The molecule has 1 saturated heterocycles. The topological polar surface area (TPSA) is 35.6 Å². The molecular weight excluding hydrogens is 190 g/mol. The van der Waals surface area contributed by atoms with E-state index in [-0.39, 0.29) is 5.91 Å². The summed E-state index contributed by atoms with van der Waals surface area (Å²) in [5.74, 6) is 0.174. The second kappa shape index (κ2) is 6.80. The maximum absolute atomic E-state index is 11.5. The normalized spacial score (nSPS) is 19.1. The van der Waals surface area contributed by atoms with E-state index in [4.69, 9.17) is 0 Å². The first kappa shape index (κ1) is 12.5. The highest BCUT2D eigenvalue weighted by atomic mass is 16.2. The molecule has 0 aromatic carbocycles. The number of piperazine rings is 1. The summed E-state index contributed by atoms with van der Waals surface area (Å²) in [7, 11) is 2.12. The summed E-state index contributed by atoms with van der Waals surface area (Å²) in [6, 6.07) is 0. The summed E-state index contributed by atoms with van der Waals surface area (Å²) in [4.78, 5) is 16.0. The van der Waals surface area contributed by atoms with E-state index in [1.807, 2.05) is 0 Å². The zero-order chi connectivity index (χ0) is 11.1. The van der Waals surface area contributed by atoms with E-state index in [2.05, 4.69) is 29.1 Å². The van der Waals surface area contributed by atoms with Crippen LogP contribution in [0.5, 0.6) is 0 Å². The van der Waals surface area contributed by atoms with Gasteiger partial charge in [0, 0.05) is 32.7 Å². The highest BCUT2D eigenvalue weighted by Crippen LogP contribution is 1.97. The number of unbranched alkanes of at least 4 members (excludes halogenated alkanes) is 1. The number of carbonyl (C=O) groups excluding carboxylic acids is 1. The lowest BCUT2D eigenvalue weighted by molar-refractivity contribution is -0.122. The number of nitrogens with zero attached hydrogens (tertiary/aromatic N) is 2. The minimum Gasteiger partial charge on any atom is -0.355 e. The molecule has 15 heavy (non-hydrogen) atoms. The van der Waals surface area contributed by atoms with Crippen LogP contribution in [0.2, 0.25) is 0 Å². The summed E-state index contributed by atoms with van der Waals surface area (Å²) in [5.41, 5.74) is 0. The lowest BCUT2D eigenvalue weighted by Gasteiger charge is -2.31. The first-order chi connectivity index (χ1) is 7.22. The quantitative estimate of drug-likeness (QED) is 0.660. The Kier molecular flexibility index (Phi) is 5.65. The molecule has 0 spiro atoms. The minimum atomic E-state index is 0.174. The number of hydrogen-bond donors (Lipinski definition) is 1. The maximum Gasteiger partial charge on any atom is 0.234 e. The van der Waals surface area contributed by atoms with Crippen molar-refractivity contribution in [3.8, 4) is 0 Å². The highest BCUT2D eigenvalue weighted by Gasteiger charge is 2.15. The van der Waals surface area contributed by atoms with Crippen LogP contribution < -0.4 is 5.32 Å². The van der Waals surface area contributed by atoms with Crippen LogP contribution in [0.1, 0.15) is 19.8 Å². The van der Waals surface area contributed by atoms with E-state index in [9.17, 15) is 4.79 Å². The zero-order valence-electron chi connectivity index (χ0n) is 9.96. The Labute approximate surface area is 92.6 Å². The number of nitrogens with one attached hydrogen (secondary N) is 1. The van der Waals surface area contributed by atoms with Crippen molar-refractivity contribution in [3.05, 3.63) is 0 Å². The van der Waals surface area contributed by atoms with E-state index in [0.29, 0.717) is 6.54 Å². The fourth-order valence-electron chi connectivity index (χ4n) is 1.67. The Morgan fingerprint density at radius 3 is 2.53 bits per heavy atom. The number of carbonyl (C=O) groups is 1. The second-order valence-corrected chi connectivity index (χ2v) is 4.28. The Morgan fingerprint density at radius 1 is 1.27 bits per heavy atom. The average Bonchev–Trinajstić information content (AvgIpc) is 2.22. The molecule has 0 bridgehead atoms. The zero-order valence-corrected chi connectivity index (χ0v) is 9.96. The Balaban J connectivity index is 2.09. The van der Waals surface area contributed by atoms with Gasteiger partial charge in [-0.05, 0) is 13.5 Å². The van der Waals surface area contributed by atoms with Crippen LogP contribution in [0, 0.1) is 0 Å². The lowest BCUT2D eigenvalue weighted by atomic mass is 10.3. The van der Waals surface area contributed by atoms with Gasteiger partial charge in [-0.2, -0.15) is 0 Å². The lowest BCUT2D eigenvalue weighted by Crippen LogP contribution is -2.48. The first-order valence-electron chi connectivity index (χ1n) is 5.90. The molecule has 4 nitrogen and oxygen atoms in total. The van der Waals surface area contributed by atoms with Gasteiger partial charge in [-0.25, -0.2) is 0 Å². The fourth-order valence-corrected chi connectivity index (χ4v) is 1.67. The van der Waals surface area contributed by atoms with Gasteiger partial charge in [-0.1, -0.05) is 13.3 Å². The van der Waals surface area contributed by atoms with Gasteiger partial charge in [-0.3, -0.25) is 9.69 Å². The molecular formula is C11H23N3O. The molecule has 0 aliphatic carbocycles.